The number of carbonyl (C=O) groups excluding carboxylic acids is 1. The molecular weight excluding hydrogens is 226 g/mol. The fraction of sp³-hybridized carbons (Fsp3) is 0.533. The van der Waals surface area contributed by atoms with Gasteiger partial charge in [0.1, 0.15) is 12.0 Å². The van der Waals surface area contributed by atoms with E-state index in [1.807, 2.05) is 12.1 Å². The van der Waals surface area contributed by atoms with E-state index in [-0.39, 0.29) is 0 Å². The molecule has 0 aliphatic carbocycles. The Kier molecular flexibility index (Phi) is 4.37. The number of likely N-dealkylation sites (tertiary alicyclic amines) is 1. The van der Waals surface area contributed by atoms with E-state index in [2.05, 4.69) is 11.8 Å². The van der Waals surface area contributed by atoms with Crippen LogP contribution in [0, 0.1) is 5.92 Å². The van der Waals surface area contributed by atoms with Gasteiger partial charge in [0.25, 0.3) is 0 Å². The molecule has 1 aliphatic rings. The van der Waals surface area contributed by atoms with Gasteiger partial charge in [-0.2, -0.15) is 0 Å². The lowest BCUT2D eigenvalue weighted by molar-refractivity contribution is 0.112. The summed E-state index contributed by atoms with van der Waals surface area (Å²) >= 11 is 0. The van der Waals surface area contributed by atoms with Gasteiger partial charge in [0, 0.05) is 24.2 Å². The fourth-order valence-corrected chi connectivity index (χ4v) is 2.67. The molecule has 1 heterocycles. The Bertz CT molecular complexity index is 417. The molecular formula is C15H21NO2. The van der Waals surface area contributed by atoms with Crippen LogP contribution in [0.2, 0.25) is 0 Å². The van der Waals surface area contributed by atoms with Crippen molar-refractivity contribution >= 4 is 6.29 Å². The van der Waals surface area contributed by atoms with Crippen molar-refractivity contribution < 1.29 is 9.53 Å². The van der Waals surface area contributed by atoms with Crippen LogP contribution in [0.15, 0.2) is 18.2 Å². The normalized spacial score (nSPS) is 20.7. The van der Waals surface area contributed by atoms with Crippen LogP contribution in [0.1, 0.15) is 35.7 Å². The Hall–Kier alpha value is -1.35. The number of carbonyl (C=O) groups is 1. The number of hydrogen-bond acceptors (Lipinski definition) is 3. The molecule has 1 aliphatic heterocycles. The summed E-state index contributed by atoms with van der Waals surface area (Å²) in [5.74, 6) is 1.64. The zero-order chi connectivity index (χ0) is 13.0. The molecule has 0 amide bonds. The van der Waals surface area contributed by atoms with E-state index in [0.717, 1.165) is 48.7 Å². The molecule has 1 saturated heterocycles. The highest BCUT2D eigenvalue weighted by molar-refractivity contribution is 5.75. The fourth-order valence-electron chi connectivity index (χ4n) is 2.67. The van der Waals surface area contributed by atoms with Gasteiger partial charge in [-0.25, -0.2) is 0 Å². The number of piperidine rings is 1. The molecule has 1 fully saturated rings. The lowest BCUT2D eigenvalue weighted by atomic mass is 9.99. The zero-order valence-electron chi connectivity index (χ0n) is 11.2. The molecule has 0 saturated carbocycles. The van der Waals surface area contributed by atoms with Crippen LogP contribution in [0.25, 0.3) is 0 Å². The third-order valence-electron chi connectivity index (χ3n) is 3.58. The van der Waals surface area contributed by atoms with Gasteiger partial charge in [0.05, 0.1) is 7.11 Å². The van der Waals surface area contributed by atoms with E-state index in [9.17, 15) is 4.79 Å². The van der Waals surface area contributed by atoms with Gasteiger partial charge in [-0.3, -0.25) is 9.69 Å². The molecule has 0 radical (unpaired) electrons. The van der Waals surface area contributed by atoms with Crippen LogP contribution in [0.4, 0.5) is 0 Å². The highest BCUT2D eigenvalue weighted by atomic mass is 16.5. The van der Waals surface area contributed by atoms with Crippen molar-refractivity contribution in [2.75, 3.05) is 20.2 Å². The van der Waals surface area contributed by atoms with Gasteiger partial charge in [-0.05, 0) is 43.5 Å². The molecule has 3 nitrogen and oxygen atoms in total. The van der Waals surface area contributed by atoms with Crippen LogP contribution in [0.5, 0.6) is 5.75 Å². The van der Waals surface area contributed by atoms with Gasteiger partial charge in [0.2, 0.25) is 0 Å². The van der Waals surface area contributed by atoms with Gasteiger partial charge in [-0.1, -0.05) is 6.92 Å². The highest BCUT2D eigenvalue weighted by Crippen LogP contribution is 2.24. The minimum atomic E-state index is 0.718. The number of methoxy groups -OCH3 is 1. The van der Waals surface area contributed by atoms with E-state index >= 15 is 0 Å². The molecule has 0 spiro atoms. The zero-order valence-corrected chi connectivity index (χ0v) is 11.2. The van der Waals surface area contributed by atoms with Gasteiger partial charge in [0.15, 0.2) is 0 Å². The maximum absolute atomic E-state index is 10.8. The second-order valence-corrected chi connectivity index (χ2v) is 5.17. The maximum Gasteiger partial charge on any atom is 0.150 e. The summed E-state index contributed by atoms with van der Waals surface area (Å²) in [6.07, 6.45) is 3.47. The van der Waals surface area contributed by atoms with Gasteiger partial charge < -0.3 is 4.74 Å². The van der Waals surface area contributed by atoms with E-state index in [0.29, 0.717) is 0 Å². The van der Waals surface area contributed by atoms with E-state index in [1.54, 1.807) is 13.2 Å². The molecule has 0 bridgehead atoms. The standard InChI is InChI=1S/C15H21NO2/c1-12-4-3-7-16(9-12)10-14-8-13(11-17)5-6-15(14)18-2/h5-6,8,11-12H,3-4,7,9-10H2,1-2H3/t12-/m0/s1. The maximum atomic E-state index is 10.8. The predicted molar refractivity (Wildman–Crippen MR) is 72.1 cm³/mol. The first-order valence-electron chi connectivity index (χ1n) is 6.57. The molecule has 1 atom stereocenters. The van der Waals surface area contributed by atoms with Crippen molar-refractivity contribution in [3.63, 3.8) is 0 Å². The van der Waals surface area contributed by atoms with Crippen LogP contribution < -0.4 is 4.74 Å². The van der Waals surface area contributed by atoms with E-state index in [1.165, 1.54) is 12.8 Å². The SMILES string of the molecule is COc1ccc(C=O)cc1CN1CCC[C@H](C)C1. The Balaban J connectivity index is 2.13. The molecule has 0 N–H and O–H groups in total. The third-order valence-corrected chi connectivity index (χ3v) is 3.58. The van der Waals surface area contributed by atoms with Gasteiger partial charge >= 0.3 is 0 Å². The first kappa shape index (κ1) is 13.1. The predicted octanol–water partition coefficient (Wildman–Crippen LogP) is 2.74. The van der Waals surface area contributed by atoms with Crippen LogP contribution in [-0.2, 0) is 6.54 Å². The Morgan fingerprint density at radius 1 is 1.50 bits per heavy atom. The van der Waals surface area contributed by atoms with E-state index in [4.69, 9.17) is 4.74 Å². The molecule has 1 aromatic carbocycles. The average Bonchev–Trinajstić information content (AvgIpc) is 2.38. The molecule has 0 unspecified atom stereocenters. The molecule has 3 heteroatoms. The molecule has 0 aromatic heterocycles. The number of nitrogens with zero attached hydrogens (tertiary/aromatic N) is 1. The summed E-state index contributed by atoms with van der Waals surface area (Å²) in [5.41, 5.74) is 1.83. The summed E-state index contributed by atoms with van der Waals surface area (Å²) in [6, 6.07) is 5.62. The van der Waals surface area contributed by atoms with Crippen LogP contribution >= 0.6 is 0 Å². The lowest BCUT2D eigenvalue weighted by Crippen LogP contribution is -2.33. The lowest BCUT2D eigenvalue weighted by Gasteiger charge is -2.31. The van der Waals surface area contributed by atoms with Crippen molar-refractivity contribution in [2.45, 2.75) is 26.3 Å². The quantitative estimate of drug-likeness (QED) is 0.766. The topological polar surface area (TPSA) is 29.5 Å². The van der Waals surface area contributed by atoms with Crippen molar-refractivity contribution in [3.05, 3.63) is 29.3 Å². The number of rotatable bonds is 4. The monoisotopic (exact) mass is 247 g/mol. The highest BCUT2D eigenvalue weighted by Gasteiger charge is 2.17. The van der Waals surface area contributed by atoms with Crippen molar-refractivity contribution in [1.82, 2.24) is 4.90 Å². The molecule has 1 aromatic rings. The summed E-state index contributed by atoms with van der Waals surface area (Å²) in [6.45, 7) is 5.44. The smallest absolute Gasteiger partial charge is 0.150 e. The summed E-state index contributed by atoms with van der Waals surface area (Å²) < 4.78 is 5.37. The van der Waals surface area contributed by atoms with Crippen LogP contribution in [-0.4, -0.2) is 31.4 Å². The van der Waals surface area contributed by atoms with Crippen molar-refractivity contribution in [3.8, 4) is 5.75 Å². The molecule has 98 valence electrons. The minimum absolute atomic E-state index is 0.718. The van der Waals surface area contributed by atoms with Crippen molar-refractivity contribution in [2.24, 2.45) is 5.92 Å². The Morgan fingerprint density at radius 3 is 3.00 bits per heavy atom. The Morgan fingerprint density at radius 2 is 2.33 bits per heavy atom. The van der Waals surface area contributed by atoms with Gasteiger partial charge in [-0.15, -0.1) is 0 Å². The average molecular weight is 247 g/mol. The number of hydrogen-bond donors (Lipinski definition) is 0. The van der Waals surface area contributed by atoms with Crippen molar-refractivity contribution in [1.29, 1.82) is 0 Å². The largest absolute Gasteiger partial charge is 0.496 e. The first-order valence-corrected chi connectivity index (χ1v) is 6.57. The summed E-state index contributed by atoms with van der Waals surface area (Å²) in [4.78, 5) is 13.3. The number of ether oxygens (including phenoxy) is 1. The van der Waals surface area contributed by atoms with E-state index < -0.39 is 0 Å². The third kappa shape index (κ3) is 3.10. The second kappa shape index (κ2) is 6.01. The number of benzene rings is 1. The van der Waals surface area contributed by atoms with Crippen LogP contribution in [0.3, 0.4) is 0 Å². The Labute approximate surface area is 109 Å². The second-order valence-electron chi connectivity index (χ2n) is 5.17. The summed E-state index contributed by atoms with van der Waals surface area (Å²) in [5, 5.41) is 0. The minimum Gasteiger partial charge on any atom is -0.496 e. The molecule has 2 rings (SSSR count). The molecule has 18 heavy (non-hydrogen) atoms. The first-order chi connectivity index (χ1) is 8.72. The summed E-state index contributed by atoms with van der Waals surface area (Å²) in [7, 11) is 1.68. The number of aldehydes is 1.